The van der Waals surface area contributed by atoms with Gasteiger partial charge in [-0.2, -0.15) is 0 Å². The topological polar surface area (TPSA) is 69.4 Å². The number of nitrogens with zero attached hydrogens (tertiary/aromatic N) is 1. The summed E-state index contributed by atoms with van der Waals surface area (Å²) >= 11 is 0. The highest BCUT2D eigenvalue weighted by Gasteiger charge is 2.08. The minimum atomic E-state index is -0.00767. The minimum Gasteiger partial charge on any atom is -0.396 e. The van der Waals surface area contributed by atoms with E-state index in [1.165, 1.54) is 0 Å². The fourth-order valence-electron chi connectivity index (χ4n) is 1.32. The third kappa shape index (κ3) is 3.36. The predicted octanol–water partition coefficient (Wildman–Crippen LogP) is 1.05. The molecule has 1 unspecified atom stereocenters. The Bertz CT molecular complexity index is 331. The maximum Gasteiger partial charge on any atom is 0.149 e. The van der Waals surface area contributed by atoms with Gasteiger partial charge in [-0.15, -0.1) is 0 Å². The Balaban J connectivity index is 2.56. The number of nitrogen functional groups attached to an aromatic ring is 1. The lowest BCUT2D eigenvalue weighted by Gasteiger charge is -2.16. The van der Waals surface area contributed by atoms with E-state index in [0.29, 0.717) is 24.7 Å². The fourth-order valence-corrected chi connectivity index (χ4v) is 1.32. The second-order valence-corrected chi connectivity index (χ2v) is 3.58. The Morgan fingerprint density at radius 1 is 1.50 bits per heavy atom. The van der Waals surface area contributed by atoms with Crippen LogP contribution in [0.4, 0.5) is 11.5 Å². The molecular formula is C11H19N3O2. The van der Waals surface area contributed by atoms with Crippen molar-refractivity contribution in [2.24, 2.45) is 0 Å². The number of aryl methyl sites for hydroxylation is 1. The van der Waals surface area contributed by atoms with E-state index < -0.39 is 0 Å². The van der Waals surface area contributed by atoms with Gasteiger partial charge in [-0.1, -0.05) is 0 Å². The van der Waals surface area contributed by atoms with Gasteiger partial charge in [0.2, 0.25) is 0 Å². The van der Waals surface area contributed by atoms with Crippen LogP contribution in [0.25, 0.3) is 0 Å². The van der Waals surface area contributed by atoms with Crippen molar-refractivity contribution in [3.63, 3.8) is 0 Å². The summed E-state index contributed by atoms with van der Waals surface area (Å²) in [5.41, 5.74) is 7.58. The smallest absolute Gasteiger partial charge is 0.149 e. The van der Waals surface area contributed by atoms with Gasteiger partial charge in [0.05, 0.1) is 18.4 Å². The van der Waals surface area contributed by atoms with Crippen molar-refractivity contribution < 1.29 is 9.47 Å². The average molecular weight is 225 g/mol. The summed E-state index contributed by atoms with van der Waals surface area (Å²) in [5, 5.41) is 3.15. The molecule has 5 heteroatoms. The van der Waals surface area contributed by atoms with Crippen molar-refractivity contribution in [2.45, 2.75) is 13.0 Å². The molecule has 0 aliphatic heterocycles. The molecule has 5 nitrogen and oxygen atoms in total. The molecule has 1 atom stereocenters. The largest absolute Gasteiger partial charge is 0.396 e. The standard InChI is InChI=1S/C11H19N3O2/c1-8-4-5-13-11(10(8)12)14-6-9(16-3)7-15-2/h4-5,9H,6-7,12H2,1-3H3,(H,13,14). The number of methoxy groups -OCH3 is 2. The van der Waals surface area contributed by atoms with Crippen molar-refractivity contribution in [1.82, 2.24) is 4.98 Å². The third-order valence-electron chi connectivity index (χ3n) is 2.39. The van der Waals surface area contributed by atoms with Gasteiger partial charge in [-0.05, 0) is 18.6 Å². The average Bonchev–Trinajstić information content (AvgIpc) is 2.29. The van der Waals surface area contributed by atoms with E-state index in [2.05, 4.69) is 10.3 Å². The van der Waals surface area contributed by atoms with Crippen molar-refractivity contribution in [1.29, 1.82) is 0 Å². The molecule has 1 aromatic rings. The maximum absolute atomic E-state index is 5.89. The van der Waals surface area contributed by atoms with E-state index in [9.17, 15) is 0 Å². The Morgan fingerprint density at radius 2 is 2.25 bits per heavy atom. The Hall–Kier alpha value is -1.33. The van der Waals surface area contributed by atoms with Crippen LogP contribution in [0.2, 0.25) is 0 Å². The van der Waals surface area contributed by atoms with Crippen molar-refractivity contribution in [3.8, 4) is 0 Å². The lowest BCUT2D eigenvalue weighted by Crippen LogP contribution is -2.27. The van der Waals surface area contributed by atoms with E-state index >= 15 is 0 Å². The summed E-state index contributed by atoms with van der Waals surface area (Å²) in [5.74, 6) is 0.693. The lowest BCUT2D eigenvalue weighted by atomic mass is 10.2. The highest BCUT2D eigenvalue weighted by atomic mass is 16.5. The molecule has 3 N–H and O–H groups in total. The number of ether oxygens (including phenoxy) is 2. The number of anilines is 2. The second-order valence-electron chi connectivity index (χ2n) is 3.58. The van der Waals surface area contributed by atoms with Gasteiger partial charge < -0.3 is 20.5 Å². The molecule has 16 heavy (non-hydrogen) atoms. The van der Waals surface area contributed by atoms with Crippen LogP contribution in [0.3, 0.4) is 0 Å². The van der Waals surface area contributed by atoms with Gasteiger partial charge in [0.1, 0.15) is 5.82 Å². The Kier molecular flexibility index (Phi) is 5.01. The maximum atomic E-state index is 5.89. The minimum absolute atomic E-state index is 0.00767. The van der Waals surface area contributed by atoms with Gasteiger partial charge in [0, 0.05) is 27.0 Å². The molecule has 0 spiro atoms. The van der Waals surface area contributed by atoms with Crippen LogP contribution < -0.4 is 11.1 Å². The summed E-state index contributed by atoms with van der Waals surface area (Å²) in [6.45, 7) is 3.10. The van der Waals surface area contributed by atoms with E-state index in [1.807, 2.05) is 13.0 Å². The molecule has 1 rings (SSSR count). The zero-order chi connectivity index (χ0) is 12.0. The van der Waals surface area contributed by atoms with Crippen molar-refractivity contribution in [3.05, 3.63) is 17.8 Å². The molecule has 1 heterocycles. The molecule has 0 saturated heterocycles. The first-order valence-corrected chi connectivity index (χ1v) is 5.15. The van der Waals surface area contributed by atoms with Crippen LogP contribution in [-0.2, 0) is 9.47 Å². The highest BCUT2D eigenvalue weighted by molar-refractivity contribution is 5.64. The summed E-state index contributed by atoms with van der Waals surface area (Å²) < 4.78 is 10.2. The molecule has 1 aromatic heterocycles. The van der Waals surface area contributed by atoms with Gasteiger partial charge in [-0.3, -0.25) is 0 Å². The van der Waals surface area contributed by atoms with Crippen LogP contribution in [0, 0.1) is 6.92 Å². The molecule has 90 valence electrons. The molecule has 0 saturated carbocycles. The fraction of sp³-hybridized carbons (Fsp3) is 0.545. The Morgan fingerprint density at radius 3 is 2.88 bits per heavy atom. The van der Waals surface area contributed by atoms with Gasteiger partial charge in [0.15, 0.2) is 0 Å². The van der Waals surface area contributed by atoms with E-state index in [0.717, 1.165) is 5.56 Å². The molecule has 0 bridgehead atoms. The summed E-state index contributed by atoms with van der Waals surface area (Å²) in [6, 6.07) is 1.88. The Labute approximate surface area is 96.0 Å². The number of pyridine rings is 1. The third-order valence-corrected chi connectivity index (χ3v) is 2.39. The molecule has 0 aliphatic rings. The summed E-state index contributed by atoms with van der Waals surface area (Å²) in [4.78, 5) is 4.17. The van der Waals surface area contributed by atoms with Crippen LogP contribution >= 0.6 is 0 Å². The number of nitrogens with one attached hydrogen (secondary N) is 1. The number of rotatable bonds is 6. The first kappa shape index (κ1) is 12.7. The number of aromatic nitrogens is 1. The van der Waals surface area contributed by atoms with E-state index in [1.54, 1.807) is 20.4 Å². The van der Waals surface area contributed by atoms with Crippen LogP contribution in [0.15, 0.2) is 12.3 Å². The molecule has 0 amide bonds. The van der Waals surface area contributed by atoms with Crippen LogP contribution in [0.1, 0.15) is 5.56 Å². The lowest BCUT2D eigenvalue weighted by molar-refractivity contribution is 0.0365. The van der Waals surface area contributed by atoms with Crippen LogP contribution in [0.5, 0.6) is 0 Å². The van der Waals surface area contributed by atoms with Gasteiger partial charge >= 0.3 is 0 Å². The first-order chi connectivity index (χ1) is 7.69. The molecule has 0 aliphatic carbocycles. The molecule has 0 aromatic carbocycles. The number of nitrogens with two attached hydrogens (primary N) is 1. The zero-order valence-corrected chi connectivity index (χ0v) is 9.99. The van der Waals surface area contributed by atoms with Crippen LogP contribution in [-0.4, -0.2) is 38.5 Å². The highest BCUT2D eigenvalue weighted by Crippen LogP contribution is 2.18. The summed E-state index contributed by atoms with van der Waals surface area (Å²) in [6.07, 6.45) is 1.72. The van der Waals surface area contributed by atoms with Gasteiger partial charge in [-0.25, -0.2) is 4.98 Å². The molecule has 0 fully saturated rings. The number of hydrogen-bond donors (Lipinski definition) is 2. The SMILES string of the molecule is COCC(CNc1nccc(C)c1N)OC. The van der Waals surface area contributed by atoms with Crippen molar-refractivity contribution >= 4 is 11.5 Å². The first-order valence-electron chi connectivity index (χ1n) is 5.15. The molecular weight excluding hydrogens is 206 g/mol. The number of hydrogen-bond acceptors (Lipinski definition) is 5. The monoisotopic (exact) mass is 225 g/mol. The summed E-state index contributed by atoms with van der Waals surface area (Å²) in [7, 11) is 3.30. The van der Waals surface area contributed by atoms with Crippen molar-refractivity contribution in [2.75, 3.05) is 38.4 Å². The van der Waals surface area contributed by atoms with Gasteiger partial charge in [0.25, 0.3) is 0 Å². The zero-order valence-electron chi connectivity index (χ0n) is 9.99. The molecule has 0 radical (unpaired) electrons. The van der Waals surface area contributed by atoms with E-state index in [4.69, 9.17) is 15.2 Å². The van der Waals surface area contributed by atoms with E-state index in [-0.39, 0.29) is 6.10 Å². The normalized spacial score (nSPS) is 12.4. The predicted molar refractivity (Wildman–Crippen MR) is 64.5 cm³/mol. The second kappa shape index (κ2) is 6.30. The quantitative estimate of drug-likeness (QED) is 0.757.